The highest BCUT2D eigenvalue weighted by Crippen LogP contribution is 2.64. The first kappa shape index (κ1) is 34.5. The minimum absolute atomic E-state index is 0.0449. The summed E-state index contributed by atoms with van der Waals surface area (Å²) in [5.41, 5.74) is 17.5. The molecule has 3 fully saturated rings. The van der Waals surface area contributed by atoms with E-state index in [4.69, 9.17) is 4.42 Å². The molecule has 3 aromatic heterocycles. The minimum Gasteiger partial charge on any atom is -0.455 e. The molecule has 3 saturated carbocycles. The van der Waals surface area contributed by atoms with Crippen molar-refractivity contribution in [1.29, 1.82) is 10.5 Å². The van der Waals surface area contributed by atoms with Crippen LogP contribution in [0.3, 0.4) is 0 Å². The SMILES string of the molecule is CC(C)(C)c1cc(C(C)(C)C)c2oc3c(c(C#N)cc4c3c3cc5c(c6c7c8c(c(C#N)cc7n4c36)C3CC4CC(C3)CC8C4)C3(CCCCC3)c3ccccc3-5)c2c1. The van der Waals surface area contributed by atoms with E-state index in [-0.39, 0.29) is 16.2 Å². The van der Waals surface area contributed by atoms with Gasteiger partial charge in [0.25, 0.3) is 0 Å². The number of nitrogens with zero attached hydrogens (tertiary/aromatic N) is 3. The molecule has 1 spiro atoms. The van der Waals surface area contributed by atoms with E-state index in [0.29, 0.717) is 17.4 Å². The van der Waals surface area contributed by atoms with Crippen molar-refractivity contribution in [2.75, 3.05) is 0 Å². The van der Waals surface area contributed by atoms with Gasteiger partial charge in [-0.15, -0.1) is 0 Å². The van der Waals surface area contributed by atoms with Crippen LogP contribution in [0.15, 0.2) is 59.0 Å². The highest BCUT2D eigenvalue weighted by Gasteiger charge is 2.49. The summed E-state index contributed by atoms with van der Waals surface area (Å²) < 4.78 is 9.82. The maximum atomic E-state index is 11.1. The van der Waals surface area contributed by atoms with Crippen LogP contribution in [-0.2, 0) is 16.2 Å². The minimum atomic E-state index is -0.173. The topological polar surface area (TPSA) is 65.1 Å². The van der Waals surface area contributed by atoms with Crippen LogP contribution in [0.2, 0.25) is 0 Å². The van der Waals surface area contributed by atoms with Gasteiger partial charge in [0.15, 0.2) is 0 Å². The van der Waals surface area contributed by atoms with Crippen molar-refractivity contribution in [3.8, 4) is 23.3 Å². The fraction of sp³-hybridized carbons (Fsp3) is 0.418. The molecule has 0 aliphatic heterocycles. The fourth-order valence-corrected chi connectivity index (χ4v) is 14.3. The van der Waals surface area contributed by atoms with Crippen LogP contribution in [0.25, 0.3) is 71.2 Å². The molecule has 5 aromatic carbocycles. The molecule has 0 radical (unpaired) electrons. The Balaban J connectivity index is 1.29. The third-order valence-electron chi connectivity index (χ3n) is 16.5. The third-order valence-corrected chi connectivity index (χ3v) is 16.5. The molecule has 4 nitrogen and oxygen atoms in total. The molecule has 0 N–H and O–H groups in total. The molecule has 0 saturated heterocycles. The first-order valence-corrected chi connectivity index (χ1v) is 22.6. The van der Waals surface area contributed by atoms with Gasteiger partial charge in [-0.05, 0) is 143 Å². The van der Waals surface area contributed by atoms with E-state index in [2.05, 4.69) is 113 Å². The van der Waals surface area contributed by atoms with Crippen LogP contribution >= 0.6 is 0 Å². The Bertz CT molecular complexity index is 3280. The summed E-state index contributed by atoms with van der Waals surface area (Å²) in [7, 11) is 0. The number of hydrogen-bond donors (Lipinski definition) is 0. The van der Waals surface area contributed by atoms with Crippen LogP contribution in [0.4, 0.5) is 0 Å². The predicted molar refractivity (Wildman–Crippen MR) is 240 cm³/mol. The average Bonchev–Trinajstić information content (AvgIpc) is 3.90. The zero-order valence-electron chi connectivity index (χ0n) is 35.3. The molecule has 6 aliphatic rings. The van der Waals surface area contributed by atoms with Crippen LogP contribution in [0.5, 0.6) is 0 Å². The summed E-state index contributed by atoms with van der Waals surface area (Å²) in [4.78, 5) is 0. The second-order valence-corrected chi connectivity index (χ2v) is 21.8. The van der Waals surface area contributed by atoms with E-state index in [1.165, 1.54) is 118 Å². The van der Waals surface area contributed by atoms with Gasteiger partial charge in [-0.1, -0.05) is 91.1 Å². The lowest BCUT2D eigenvalue weighted by Crippen LogP contribution is -2.28. The Morgan fingerprint density at radius 2 is 1.32 bits per heavy atom. The summed E-state index contributed by atoms with van der Waals surface area (Å²) >= 11 is 0. The lowest BCUT2D eigenvalue weighted by Gasteiger charge is -2.38. The molecule has 2 atom stereocenters. The van der Waals surface area contributed by atoms with E-state index < -0.39 is 0 Å². The van der Waals surface area contributed by atoms with Gasteiger partial charge < -0.3 is 8.82 Å². The third kappa shape index (κ3) is 4.19. The maximum Gasteiger partial charge on any atom is 0.146 e. The zero-order valence-corrected chi connectivity index (χ0v) is 35.3. The molecule has 8 aromatic rings. The van der Waals surface area contributed by atoms with Crippen molar-refractivity contribution in [2.24, 2.45) is 11.8 Å². The highest BCUT2D eigenvalue weighted by atomic mass is 16.3. The molecule has 59 heavy (non-hydrogen) atoms. The van der Waals surface area contributed by atoms with Gasteiger partial charge in [0.1, 0.15) is 11.2 Å². The van der Waals surface area contributed by atoms with E-state index >= 15 is 0 Å². The molecule has 4 heteroatoms. The fourth-order valence-electron chi connectivity index (χ4n) is 14.3. The second-order valence-electron chi connectivity index (χ2n) is 21.8. The monoisotopic (exact) mass is 769 g/mol. The average molecular weight is 770 g/mol. The zero-order chi connectivity index (χ0) is 40.1. The maximum absolute atomic E-state index is 11.1. The van der Waals surface area contributed by atoms with Gasteiger partial charge in [-0.25, -0.2) is 0 Å². The Labute approximate surface area is 346 Å². The van der Waals surface area contributed by atoms with Crippen molar-refractivity contribution >= 4 is 60.0 Å². The number of fused-ring (bicyclic) bond motifs is 16. The van der Waals surface area contributed by atoms with Gasteiger partial charge in [-0.2, -0.15) is 10.5 Å². The molecular weight excluding hydrogens is 719 g/mol. The predicted octanol–water partition coefficient (Wildman–Crippen LogP) is 14.7. The molecule has 3 heterocycles. The summed E-state index contributed by atoms with van der Waals surface area (Å²) in [6, 6.07) is 26.5. The Morgan fingerprint density at radius 3 is 2.02 bits per heavy atom. The summed E-state index contributed by atoms with van der Waals surface area (Å²) in [5, 5.41) is 29.4. The summed E-state index contributed by atoms with van der Waals surface area (Å²) in [6.45, 7) is 13.6. The number of benzene rings is 5. The number of nitriles is 2. The largest absolute Gasteiger partial charge is 0.455 e. The molecular formula is C55H51N3O. The van der Waals surface area contributed by atoms with Crippen molar-refractivity contribution < 1.29 is 4.42 Å². The Kier molecular flexibility index (Phi) is 6.49. The van der Waals surface area contributed by atoms with E-state index in [9.17, 15) is 10.5 Å². The van der Waals surface area contributed by atoms with E-state index in [1.807, 2.05) is 0 Å². The van der Waals surface area contributed by atoms with Crippen LogP contribution < -0.4 is 0 Å². The summed E-state index contributed by atoms with van der Waals surface area (Å²) in [6.07, 6.45) is 12.4. The van der Waals surface area contributed by atoms with Crippen molar-refractivity contribution in [3.63, 3.8) is 0 Å². The van der Waals surface area contributed by atoms with E-state index in [0.717, 1.165) is 68.6 Å². The van der Waals surface area contributed by atoms with Crippen LogP contribution in [0.1, 0.15) is 162 Å². The Hall–Kier alpha value is -5.32. The molecule has 2 unspecified atom stereocenters. The highest BCUT2D eigenvalue weighted by molar-refractivity contribution is 6.33. The molecule has 14 rings (SSSR count). The summed E-state index contributed by atoms with van der Waals surface area (Å²) in [5.74, 6) is 2.43. The lowest BCUT2D eigenvalue weighted by atomic mass is 9.66. The lowest BCUT2D eigenvalue weighted by molar-refractivity contribution is 0.166. The first-order valence-electron chi connectivity index (χ1n) is 22.6. The van der Waals surface area contributed by atoms with Crippen molar-refractivity contribution in [3.05, 3.63) is 99.1 Å². The number of furan rings is 1. The van der Waals surface area contributed by atoms with Gasteiger partial charge in [-0.3, -0.25) is 0 Å². The van der Waals surface area contributed by atoms with Gasteiger partial charge in [0, 0.05) is 37.9 Å². The number of aromatic nitrogens is 1. The molecule has 6 aliphatic carbocycles. The second kappa shape index (κ2) is 11.1. The first-order chi connectivity index (χ1) is 28.4. The van der Waals surface area contributed by atoms with Gasteiger partial charge in [0.05, 0.1) is 45.2 Å². The van der Waals surface area contributed by atoms with Crippen LogP contribution in [0, 0.1) is 34.5 Å². The smallest absolute Gasteiger partial charge is 0.146 e. The van der Waals surface area contributed by atoms with Gasteiger partial charge >= 0.3 is 0 Å². The normalized spacial score (nSPS) is 23.2. The quantitative estimate of drug-likeness (QED) is 0.154. The standard InChI is InChI=1S/C55H51N3O/c1-53(2,3)34-23-38-44-33(27-57)22-41-46(52(44)59-51(38)40(24-34)54(4,5)6)37-25-36-35-12-8-9-13-39(35)55(14-10-7-11-15-55)49(36)48-47-42(58(41)50(37)48)21-32(26-56)43-30-17-28-16-29(18-30)20-31(19-28)45(43)47/h8-9,12-13,21-25,28-31H,7,10-11,14-20H2,1-6H3. The van der Waals surface area contributed by atoms with Gasteiger partial charge in [0.2, 0.25) is 0 Å². The van der Waals surface area contributed by atoms with E-state index in [1.54, 1.807) is 0 Å². The van der Waals surface area contributed by atoms with Crippen molar-refractivity contribution in [1.82, 2.24) is 4.40 Å². The molecule has 4 bridgehead atoms. The number of hydrogen-bond acceptors (Lipinski definition) is 3. The van der Waals surface area contributed by atoms with Crippen molar-refractivity contribution in [2.45, 2.75) is 134 Å². The molecule has 292 valence electrons. The molecule has 0 amide bonds. The van der Waals surface area contributed by atoms with Crippen LogP contribution in [-0.4, -0.2) is 4.40 Å². The number of rotatable bonds is 0. The Morgan fingerprint density at radius 1 is 0.644 bits per heavy atom.